The van der Waals surface area contributed by atoms with Gasteiger partial charge in [-0.15, -0.1) is 0 Å². The summed E-state index contributed by atoms with van der Waals surface area (Å²) in [4.78, 5) is 40.4. The van der Waals surface area contributed by atoms with E-state index in [2.05, 4.69) is 0 Å². The fourth-order valence-corrected chi connectivity index (χ4v) is 6.07. The minimum Gasteiger partial charge on any atom is -0.508 e. The number of nitrogens with two attached hydrogens (primary N) is 1. The molecular weight excluding hydrogens is 470 g/mol. The Morgan fingerprint density at radius 2 is 1.85 bits per heavy atom. The number of Topliss-reactive ketones (excluding diaryl/α,β-unsaturated/α-hetero) is 2. The van der Waals surface area contributed by atoms with Crippen LogP contribution in [0.5, 0.6) is 5.75 Å². The number of nitrogens with one attached hydrogen (secondary N) is 1. The molecule has 0 radical (unpaired) electrons. The second-order valence-corrected chi connectivity index (χ2v) is 9.62. The number of likely N-dealkylation sites (N-methyl/N-ethyl adjacent to an activating group) is 1. The SMILES string of the molecule is CN(C)[C@@H]1C(=O)C(C(N)=O)=C(O)[C@@]2(O)C(=O)C3=C(NO)c4c(O)ccc(Cl)c4[C@@](C)(O)[C@H]3C[C@@H]12. The molecule has 0 aliphatic heterocycles. The topological polar surface area (TPSA) is 194 Å². The van der Waals surface area contributed by atoms with Crippen molar-refractivity contribution in [2.75, 3.05) is 14.1 Å². The van der Waals surface area contributed by atoms with Crippen LogP contribution < -0.4 is 11.2 Å². The van der Waals surface area contributed by atoms with Crippen LogP contribution in [0.3, 0.4) is 0 Å². The van der Waals surface area contributed by atoms with Gasteiger partial charge in [0.2, 0.25) is 5.78 Å². The highest BCUT2D eigenvalue weighted by atomic mass is 35.5. The Kier molecular flexibility index (Phi) is 5.35. The third-order valence-corrected chi connectivity index (χ3v) is 7.53. The molecule has 3 aliphatic rings. The van der Waals surface area contributed by atoms with Crippen LogP contribution in [0, 0.1) is 11.8 Å². The van der Waals surface area contributed by atoms with Crippen LogP contribution in [0.25, 0.3) is 5.70 Å². The Hall–Kier alpha value is -2.96. The molecule has 1 saturated carbocycles. The molecule has 1 amide bonds. The number of benzene rings is 1. The summed E-state index contributed by atoms with van der Waals surface area (Å²) in [6.07, 6.45) is -0.244. The van der Waals surface area contributed by atoms with E-state index < -0.39 is 63.6 Å². The summed E-state index contributed by atoms with van der Waals surface area (Å²) >= 11 is 6.33. The molecule has 34 heavy (non-hydrogen) atoms. The number of aliphatic hydroxyl groups is 3. The fourth-order valence-electron chi connectivity index (χ4n) is 5.72. The van der Waals surface area contributed by atoms with Crippen molar-refractivity contribution in [3.05, 3.63) is 45.2 Å². The van der Waals surface area contributed by atoms with Crippen molar-refractivity contribution in [2.45, 2.75) is 30.6 Å². The summed E-state index contributed by atoms with van der Waals surface area (Å²) in [5.74, 6) is -7.43. The average Bonchev–Trinajstić information content (AvgIpc) is 2.73. The zero-order chi connectivity index (χ0) is 25.5. The van der Waals surface area contributed by atoms with Gasteiger partial charge in [0.05, 0.1) is 17.3 Å². The van der Waals surface area contributed by atoms with Gasteiger partial charge in [0, 0.05) is 33.6 Å². The van der Waals surface area contributed by atoms with Crippen LogP contribution in [0.4, 0.5) is 0 Å². The molecule has 0 unspecified atom stereocenters. The van der Waals surface area contributed by atoms with E-state index in [1.807, 2.05) is 5.48 Å². The van der Waals surface area contributed by atoms with E-state index >= 15 is 0 Å². The monoisotopic (exact) mass is 493 g/mol. The van der Waals surface area contributed by atoms with Crippen molar-refractivity contribution in [1.82, 2.24) is 10.4 Å². The molecular formula is C22H24ClN3O8. The number of primary amides is 1. The summed E-state index contributed by atoms with van der Waals surface area (Å²) in [5, 5.41) is 54.6. The second kappa shape index (κ2) is 7.52. The van der Waals surface area contributed by atoms with Gasteiger partial charge in [-0.25, -0.2) is 0 Å². The molecule has 0 bridgehead atoms. The molecule has 4 rings (SSSR count). The molecule has 182 valence electrons. The first-order chi connectivity index (χ1) is 15.7. The number of fused-ring (bicyclic) bond motifs is 3. The number of phenols is 1. The number of nitrogens with zero attached hydrogens (tertiary/aromatic N) is 1. The minimum atomic E-state index is -2.77. The first-order valence-corrected chi connectivity index (χ1v) is 10.7. The van der Waals surface area contributed by atoms with Gasteiger partial charge in [-0.1, -0.05) is 11.6 Å². The van der Waals surface area contributed by atoms with E-state index in [1.54, 1.807) is 0 Å². The van der Waals surface area contributed by atoms with Crippen LogP contribution in [0.2, 0.25) is 5.02 Å². The maximum absolute atomic E-state index is 13.9. The van der Waals surface area contributed by atoms with Crippen molar-refractivity contribution >= 4 is 34.8 Å². The fraction of sp³-hybridized carbons (Fsp3) is 0.409. The predicted molar refractivity (Wildman–Crippen MR) is 117 cm³/mol. The Labute approximate surface area is 198 Å². The van der Waals surface area contributed by atoms with Gasteiger partial charge >= 0.3 is 0 Å². The molecule has 8 N–H and O–H groups in total. The highest BCUT2D eigenvalue weighted by Crippen LogP contribution is 2.58. The number of halogens is 1. The van der Waals surface area contributed by atoms with Gasteiger partial charge in [0.25, 0.3) is 5.91 Å². The minimum absolute atomic E-state index is 0.0267. The van der Waals surface area contributed by atoms with Crippen molar-refractivity contribution in [3.8, 4) is 5.75 Å². The number of aliphatic hydroxyl groups excluding tert-OH is 1. The molecule has 5 atom stereocenters. The van der Waals surface area contributed by atoms with E-state index in [0.29, 0.717) is 0 Å². The molecule has 3 aliphatic carbocycles. The Morgan fingerprint density at radius 3 is 2.38 bits per heavy atom. The van der Waals surface area contributed by atoms with Gasteiger partial charge in [0.15, 0.2) is 11.4 Å². The number of carbonyl (C=O) groups excluding carboxylic acids is 3. The summed E-state index contributed by atoms with van der Waals surface area (Å²) in [7, 11) is 2.98. The molecule has 12 heteroatoms. The van der Waals surface area contributed by atoms with Crippen molar-refractivity contribution in [1.29, 1.82) is 0 Å². The molecule has 1 aromatic carbocycles. The first kappa shape index (κ1) is 24.2. The van der Waals surface area contributed by atoms with Crippen LogP contribution >= 0.6 is 11.6 Å². The number of rotatable bonds is 3. The lowest BCUT2D eigenvalue weighted by atomic mass is 9.54. The van der Waals surface area contributed by atoms with Crippen LogP contribution in [-0.2, 0) is 20.0 Å². The third kappa shape index (κ3) is 2.82. The van der Waals surface area contributed by atoms with E-state index in [1.165, 1.54) is 38.1 Å². The lowest BCUT2D eigenvalue weighted by Crippen LogP contribution is -2.67. The summed E-state index contributed by atoms with van der Waals surface area (Å²) < 4.78 is 0. The Bertz CT molecular complexity index is 1220. The standard InChI is InChI=1S/C22H24ClN3O8/c1-21(32)7-6-8-16(26(2)3)17(28)13(20(24)31)19(30)22(8,33)18(29)11(7)15(25-34)12-10(27)5-4-9(23)14(12)21/h4-5,7-8,16,25,27,30,32-34H,6H2,1-3H3,(H2,24,31)/t7-,8-,16-,21-,22-/m0/s1. The largest absolute Gasteiger partial charge is 0.508 e. The molecule has 1 aromatic rings. The van der Waals surface area contributed by atoms with E-state index in [4.69, 9.17) is 17.3 Å². The van der Waals surface area contributed by atoms with Gasteiger partial charge < -0.3 is 26.2 Å². The highest BCUT2D eigenvalue weighted by Gasteiger charge is 2.66. The third-order valence-electron chi connectivity index (χ3n) is 7.21. The molecule has 0 aromatic heterocycles. The first-order valence-electron chi connectivity index (χ1n) is 10.3. The number of carbonyl (C=O) groups is 3. The van der Waals surface area contributed by atoms with Crippen molar-refractivity contribution < 1.29 is 40.0 Å². The predicted octanol–water partition coefficient (Wildman–Crippen LogP) is -0.297. The Balaban J connectivity index is 2.10. The van der Waals surface area contributed by atoms with Gasteiger partial charge in [0.1, 0.15) is 17.1 Å². The number of hydrogen-bond donors (Lipinski definition) is 7. The van der Waals surface area contributed by atoms with Crippen molar-refractivity contribution in [3.63, 3.8) is 0 Å². The summed E-state index contributed by atoms with van der Waals surface area (Å²) in [6, 6.07) is 1.28. The number of phenolic OH excluding ortho intramolecular Hbond substituents is 1. The van der Waals surface area contributed by atoms with Crippen LogP contribution in [-0.4, -0.2) is 73.7 Å². The normalized spacial score (nSPS) is 33.0. The van der Waals surface area contributed by atoms with E-state index in [-0.39, 0.29) is 33.8 Å². The average molecular weight is 494 g/mol. The second-order valence-electron chi connectivity index (χ2n) is 9.22. The maximum atomic E-state index is 13.9. The number of ketones is 2. The van der Waals surface area contributed by atoms with Crippen LogP contribution in [0.15, 0.2) is 29.0 Å². The lowest BCUT2D eigenvalue weighted by molar-refractivity contribution is -0.159. The van der Waals surface area contributed by atoms with E-state index in [0.717, 1.165) is 0 Å². The number of hydroxylamine groups is 1. The summed E-state index contributed by atoms with van der Waals surface area (Å²) in [6.45, 7) is 1.35. The Morgan fingerprint density at radius 1 is 1.24 bits per heavy atom. The molecule has 0 heterocycles. The highest BCUT2D eigenvalue weighted by molar-refractivity contribution is 6.32. The summed E-state index contributed by atoms with van der Waals surface area (Å²) in [5.41, 5.74) is 0.733. The van der Waals surface area contributed by atoms with Crippen LogP contribution in [0.1, 0.15) is 24.5 Å². The number of aromatic hydroxyl groups is 1. The molecule has 11 nitrogen and oxygen atoms in total. The zero-order valence-corrected chi connectivity index (χ0v) is 19.2. The zero-order valence-electron chi connectivity index (χ0n) is 18.5. The van der Waals surface area contributed by atoms with Gasteiger partial charge in [-0.2, -0.15) is 0 Å². The molecule has 1 fully saturated rings. The molecule has 0 spiro atoms. The lowest BCUT2D eigenvalue weighted by Gasteiger charge is -2.53. The smallest absolute Gasteiger partial charge is 0.255 e. The van der Waals surface area contributed by atoms with E-state index in [9.17, 15) is 40.0 Å². The van der Waals surface area contributed by atoms with Crippen molar-refractivity contribution in [2.24, 2.45) is 17.6 Å². The van der Waals surface area contributed by atoms with Gasteiger partial charge in [-0.3, -0.25) is 30.0 Å². The quantitative estimate of drug-likeness (QED) is 0.217. The van der Waals surface area contributed by atoms with Gasteiger partial charge in [-0.05, 0) is 39.6 Å². The maximum Gasteiger partial charge on any atom is 0.255 e. The molecule has 0 saturated heterocycles. The number of amides is 1. The number of hydrogen-bond acceptors (Lipinski definition) is 10.